The lowest BCUT2D eigenvalue weighted by atomic mass is 9.94. The van der Waals surface area contributed by atoms with E-state index in [2.05, 4.69) is 29.3 Å². The average Bonchev–Trinajstić information content (AvgIpc) is 2.85. The summed E-state index contributed by atoms with van der Waals surface area (Å²) in [5.74, 6) is 0.174. The van der Waals surface area contributed by atoms with Gasteiger partial charge in [-0.15, -0.1) is 0 Å². The van der Waals surface area contributed by atoms with Crippen LogP contribution in [0.25, 0.3) is 0 Å². The van der Waals surface area contributed by atoms with E-state index in [4.69, 9.17) is 0 Å². The molecule has 0 spiro atoms. The van der Waals surface area contributed by atoms with Gasteiger partial charge in [-0.25, -0.2) is 0 Å². The van der Waals surface area contributed by atoms with Crippen molar-refractivity contribution < 1.29 is 9.59 Å². The SMILES string of the molecule is CC[C@H](C(=O)N(Cc1ccccc1)Cc1cc(NC(=O)CC(C)C)ccc1N(C)C)c1ccccc1. The maximum atomic E-state index is 14.0. The summed E-state index contributed by atoms with van der Waals surface area (Å²) in [6, 6.07) is 26.1. The zero-order valence-electron chi connectivity index (χ0n) is 22.2. The van der Waals surface area contributed by atoms with E-state index in [1.807, 2.05) is 99.6 Å². The molecule has 0 heterocycles. The van der Waals surface area contributed by atoms with Crippen LogP contribution >= 0.6 is 0 Å². The van der Waals surface area contributed by atoms with Crippen LogP contribution in [-0.4, -0.2) is 30.8 Å². The minimum absolute atomic E-state index is 0.000829. The van der Waals surface area contributed by atoms with Gasteiger partial charge in [-0.2, -0.15) is 0 Å². The van der Waals surface area contributed by atoms with Crippen molar-refractivity contribution in [1.29, 1.82) is 0 Å². The third-order valence-corrected chi connectivity index (χ3v) is 6.24. The van der Waals surface area contributed by atoms with Crippen molar-refractivity contribution in [1.82, 2.24) is 4.90 Å². The highest BCUT2D eigenvalue weighted by molar-refractivity contribution is 5.91. The van der Waals surface area contributed by atoms with Gasteiger partial charge in [0, 0.05) is 45.0 Å². The van der Waals surface area contributed by atoms with Crippen LogP contribution in [0.15, 0.2) is 78.9 Å². The first-order chi connectivity index (χ1) is 17.3. The minimum atomic E-state index is -0.216. The third kappa shape index (κ3) is 7.45. The van der Waals surface area contributed by atoms with E-state index in [1.54, 1.807) is 0 Å². The summed E-state index contributed by atoms with van der Waals surface area (Å²) in [7, 11) is 4.00. The van der Waals surface area contributed by atoms with Crippen molar-refractivity contribution in [3.8, 4) is 0 Å². The predicted octanol–water partition coefficient (Wildman–Crippen LogP) is 6.46. The van der Waals surface area contributed by atoms with Gasteiger partial charge < -0.3 is 15.1 Å². The number of hydrogen-bond acceptors (Lipinski definition) is 3. The zero-order valence-corrected chi connectivity index (χ0v) is 22.2. The smallest absolute Gasteiger partial charge is 0.230 e. The molecule has 190 valence electrons. The standard InChI is InChI=1S/C31H39N3O2/c1-6-28(25-15-11-8-12-16-25)31(36)34(21-24-13-9-7-10-14-24)22-26-20-27(17-18-29(26)33(4)5)32-30(35)19-23(2)3/h7-18,20,23,28H,6,19,21-22H2,1-5H3,(H,32,35)/t28-/m0/s1. The highest BCUT2D eigenvalue weighted by Gasteiger charge is 2.26. The number of rotatable bonds is 11. The third-order valence-electron chi connectivity index (χ3n) is 6.24. The molecule has 0 bridgehead atoms. The van der Waals surface area contributed by atoms with Gasteiger partial charge in [0.25, 0.3) is 0 Å². The predicted molar refractivity (Wildman–Crippen MR) is 149 cm³/mol. The van der Waals surface area contributed by atoms with Crippen molar-refractivity contribution in [3.63, 3.8) is 0 Å². The molecule has 0 fully saturated rings. The van der Waals surface area contributed by atoms with Gasteiger partial charge in [-0.05, 0) is 47.2 Å². The molecule has 5 nitrogen and oxygen atoms in total. The van der Waals surface area contributed by atoms with Crippen molar-refractivity contribution in [3.05, 3.63) is 95.6 Å². The van der Waals surface area contributed by atoms with Gasteiger partial charge in [0.1, 0.15) is 0 Å². The fraction of sp³-hybridized carbons (Fsp3) is 0.355. The lowest BCUT2D eigenvalue weighted by Crippen LogP contribution is -2.34. The monoisotopic (exact) mass is 485 g/mol. The van der Waals surface area contributed by atoms with Crippen LogP contribution in [-0.2, 0) is 22.7 Å². The van der Waals surface area contributed by atoms with Crippen molar-refractivity contribution in [2.45, 2.75) is 52.6 Å². The fourth-order valence-electron chi connectivity index (χ4n) is 4.49. The molecule has 0 aliphatic heterocycles. The van der Waals surface area contributed by atoms with Gasteiger partial charge in [0.2, 0.25) is 11.8 Å². The molecule has 0 aliphatic rings. The molecule has 3 aromatic rings. The second-order valence-corrected chi connectivity index (χ2v) is 9.94. The molecular formula is C31H39N3O2. The normalized spacial score (nSPS) is 11.7. The Bertz CT molecular complexity index is 1130. The topological polar surface area (TPSA) is 52.7 Å². The highest BCUT2D eigenvalue weighted by Crippen LogP contribution is 2.29. The van der Waals surface area contributed by atoms with Crippen LogP contribution in [0.5, 0.6) is 0 Å². The van der Waals surface area contributed by atoms with E-state index < -0.39 is 0 Å². The zero-order chi connectivity index (χ0) is 26.1. The molecular weight excluding hydrogens is 446 g/mol. The van der Waals surface area contributed by atoms with Gasteiger partial charge >= 0.3 is 0 Å². The molecule has 5 heteroatoms. The Kier molecular flexibility index (Phi) is 9.69. The quantitative estimate of drug-likeness (QED) is 0.339. The number of nitrogens with zero attached hydrogens (tertiary/aromatic N) is 2. The molecule has 36 heavy (non-hydrogen) atoms. The molecule has 3 aromatic carbocycles. The number of carbonyl (C=O) groups is 2. The molecule has 0 unspecified atom stereocenters. The van der Waals surface area contributed by atoms with Crippen molar-refractivity contribution >= 4 is 23.2 Å². The van der Waals surface area contributed by atoms with E-state index in [-0.39, 0.29) is 23.7 Å². The lowest BCUT2D eigenvalue weighted by Gasteiger charge is -2.29. The summed E-state index contributed by atoms with van der Waals surface area (Å²) >= 11 is 0. The summed E-state index contributed by atoms with van der Waals surface area (Å²) in [6.45, 7) is 7.08. The second kappa shape index (κ2) is 12.9. The van der Waals surface area contributed by atoms with E-state index >= 15 is 0 Å². The summed E-state index contributed by atoms with van der Waals surface area (Å²) < 4.78 is 0. The summed E-state index contributed by atoms with van der Waals surface area (Å²) in [4.78, 5) is 30.4. The Labute approximate surface area is 216 Å². The molecule has 0 saturated heterocycles. The van der Waals surface area contributed by atoms with Crippen LogP contribution in [0, 0.1) is 5.92 Å². The number of nitrogens with one attached hydrogen (secondary N) is 1. The van der Waals surface area contributed by atoms with Crippen molar-refractivity contribution in [2.75, 3.05) is 24.3 Å². The summed E-state index contributed by atoms with van der Waals surface area (Å²) in [6.07, 6.45) is 1.19. The Morgan fingerprint density at radius 2 is 1.50 bits per heavy atom. The number of hydrogen-bond donors (Lipinski definition) is 1. The average molecular weight is 486 g/mol. The molecule has 0 radical (unpaired) electrons. The van der Waals surface area contributed by atoms with Crippen LogP contribution < -0.4 is 10.2 Å². The first-order valence-corrected chi connectivity index (χ1v) is 12.8. The van der Waals surface area contributed by atoms with Gasteiger partial charge in [0.15, 0.2) is 0 Å². The number of benzene rings is 3. The maximum absolute atomic E-state index is 14.0. The van der Waals surface area contributed by atoms with Crippen LogP contribution in [0.3, 0.4) is 0 Å². The van der Waals surface area contributed by atoms with Gasteiger partial charge in [-0.3, -0.25) is 9.59 Å². The Morgan fingerprint density at radius 1 is 0.861 bits per heavy atom. The summed E-state index contributed by atoms with van der Waals surface area (Å²) in [5, 5.41) is 3.03. The molecule has 3 rings (SSSR count). The minimum Gasteiger partial charge on any atom is -0.377 e. The second-order valence-electron chi connectivity index (χ2n) is 9.94. The Balaban J connectivity index is 1.96. The Hall–Kier alpha value is -3.60. The molecule has 0 aromatic heterocycles. The van der Waals surface area contributed by atoms with Gasteiger partial charge in [0.05, 0.1) is 5.92 Å². The number of anilines is 2. The fourth-order valence-corrected chi connectivity index (χ4v) is 4.49. The first-order valence-electron chi connectivity index (χ1n) is 12.8. The largest absolute Gasteiger partial charge is 0.377 e. The first kappa shape index (κ1) is 27.0. The van der Waals surface area contributed by atoms with E-state index in [9.17, 15) is 9.59 Å². The Morgan fingerprint density at radius 3 is 2.08 bits per heavy atom. The maximum Gasteiger partial charge on any atom is 0.230 e. The molecule has 0 saturated carbocycles. The van der Waals surface area contributed by atoms with Crippen molar-refractivity contribution in [2.24, 2.45) is 5.92 Å². The molecule has 1 N–H and O–H groups in total. The number of amides is 2. The van der Waals surface area contributed by atoms with Crippen LogP contribution in [0.2, 0.25) is 0 Å². The van der Waals surface area contributed by atoms with Gasteiger partial charge in [-0.1, -0.05) is 81.4 Å². The number of carbonyl (C=O) groups excluding carboxylic acids is 2. The molecule has 1 atom stereocenters. The van der Waals surface area contributed by atoms with E-state index in [1.165, 1.54) is 0 Å². The van der Waals surface area contributed by atoms with Crippen LogP contribution in [0.1, 0.15) is 56.2 Å². The molecule has 0 aliphatic carbocycles. The van der Waals surface area contributed by atoms with Crippen LogP contribution in [0.4, 0.5) is 11.4 Å². The molecule has 2 amide bonds. The summed E-state index contributed by atoms with van der Waals surface area (Å²) in [5.41, 5.74) is 4.89. The highest BCUT2D eigenvalue weighted by atomic mass is 16.2. The lowest BCUT2D eigenvalue weighted by molar-refractivity contribution is -0.134. The van der Waals surface area contributed by atoms with E-state index in [0.717, 1.165) is 34.5 Å². The van der Waals surface area contributed by atoms with E-state index in [0.29, 0.717) is 19.5 Å².